The van der Waals surface area contributed by atoms with Crippen LogP contribution in [0.5, 0.6) is 0 Å². The highest BCUT2D eigenvalue weighted by molar-refractivity contribution is 6.01. The van der Waals surface area contributed by atoms with Gasteiger partial charge in [-0.15, -0.1) is 0 Å². The molecule has 58 heavy (non-hydrogen) atoms. The SMILES string of the molecule is [N-]=[N+]=NCCOCCOCCOCCOCCCC(=O)CCc1cc(C(=O)CCCOCCOCCOCCOCCN=[N+]=[N-])cc(C(=O)CCc2ccncc2)c1. The molecule has 0 unspecified atom stereocenters. The minimum absolute atomic E-state index is 0.0676. The number of aryl methyl sites for hydroxylation is 2. The maximum absolute atomic E-state index is 13.3. The monoisotopic (exact) mass is 813 g/mol. The fourth-order valence-corrected chi connectivity index (χ4v) is 5.19. The Hall–Kier alpha value is -4.32. The highest BCUT2D eigenvalue weighted by atomic mass is 16.6. The largest absolute Gasteiger partial charge is 0.379 e. The molecule has 1 aromatic carbocycles. The standard InChI is InChI=1S/C40H59N7O11/c41-46-44-13-17-53-21-25-57-29-27-55-23-19-51-15-1-3-38(48)7-5-35-31-36(33-37(32-35)40(50)8-6-34-9-11-43-12-10-34)39(49)4-2-16-52-20-24-56-28-30-58-26-22-54-18-14-45-47-42/h9-12,31-33H,1-8,13-30H2. The van der Waals surface area contributed by atoms with Crippen LogP contribution < -0.4 is 0 Å². The van der Waals surface area contributed by atoms with Gasteiger partial charge in [-0.3, -0.25) is 19.4 Å². The number of ether oxygens (including phenoxy) is 8. The van der Waals surface area contributed by atoms with Crippen molar-refractivity contribution in [1.82, 2.24) is 4.98 Å². The van der Waals surface area contributed by atoms with Gasteiger partial charge in [0.05, 0.1) is 92.5 Å². The van der Waals surface area contributed by atoms with Crippen molar-refractivity contribution in [3.05, 3.63) is 85.9 Å². The Morgan fingerprint density at radius 1 is 0.483 bits per heavy atom. The van der Waals surface area contributed by atoms with Crippen LogP contribution in [0.2, 0.25) is 0 Å². The summed E-state index contributed by atoms with van der Waals surface area (Å²) < 4.78 is 43.5. The lowest BCUT2D eigenvalue weighted by Crippen LogP contribution is -2.13. The number of benzene rings is 1. The second-order valence-corrected chi connectivity index (χ2v) is 12.7. The van der Waals surface area contributed by atoms with E-state index in [-0.39, 0.29) is 30.2 Å². The van der Waals surface area contributed by atoms with Gasteiger partial charge in [-0.2, -0.15) is 0 Å². The van der Waals surface area contributed by atoms with Crippen molar-refractivity contribution in [2.45, 2.75) is 51.4 Å². The molecule has 320 valence electrons. The van der Waals surface area contributed by atoms with E-state index in [1.165, 1.54) is 0 Å². The molecule has 18 heteroatoms. The van der Waals surface area contributed by atoms with Crippen LogP contribution in [-0.4, -0.2) is 141 Å². The van der Waals surface area contributed by atoms with Crippen molar-refractivity contribution in [1.29, 1.82) is 0 Å². The van der Waals surface area contributed by atoms with Crippen LogP contribution in [0.15, 0.2) is 53.0 Å². The topological polar surface area (TPSA) is 235 Å². The number of ketones is 3. The number of hydrogen-bond donors (Lipinski definition) is 0. The number of pyridine rings is 1. The molecule has 0 spiro atoms. The summed E-state index contributed by atoms with van der Waals surface area (Å²) in [4.78, 5) is 48.6. The van der Waals surface area contributed by atoms with Crippen molar-refractivity contribution in [3.63, 3.8) is 0 Å². The van der Waals surface area contributed by atoms with E-state index in [4.69, 9.17) is 49.0 Å². The number of rotatable bonds is 40. The molecule has 0 aliphatic rings. The number of Topliss-reactive ketones (excluding diaryl/α,β-unsaturated/α-hetero) is 3. The summed E-state index contributed by atoms with van der Waals surface area (Å²) in [6.45, 7) is 7.10. The third-order valence-corrected chi connectivity index (χ3v) is 8.19. The van der Waals surface area contributed by atoms with Crippen molar-refractivity contribution in [3.8, 4) is 0 Å². The average Bonchev–Trinajstić information content (AvgIpc) is 3.24. The van der Waals surface area contributed by atoms with Gasteiger partial charge >= 0.3 is 0 Å². The van der Waals surface area contributed by atoms with Gasteiger partial charge in [0.2, 0.25) is 0 Å². The number of carbonyl (C=O) groups is 3. The van der Waals surface area contributed by atoms with Gasteiger partial charge in [0.1, 0.15) is 5.78 Å². The minimum atomic E-state index is -0.0891. The third kappa shape index (κ3) is 27.3. The van der Waals surface area contributed by atoms with Crippen LogP contribution in [0.4, 0.5) is 0 Å². The molecule has 0 N–H and O–H groups in total. The van der Waals surface area contributed by atoms with Crippen LogP contribution in [0.1, 0.15) is 70.4 Å². The van der Waals surface area contributed by atoms with E-state index in [1.54, 1.807) is 30.6 Å². The van der Waals surface area contributed by atoms with Gasteiger partial charge in [-0.1, -0.05) is 10.2 Å². The lowest BCUT2D eigenvalue weighted by Gasteiger charge is -2.10. The molecule has 0 radical (unpaired) electrons. The molecule has 0 aliphatic carbocycles. The Bertz CT molecular complexity index is 1510. The van der Waals surface area contributed by atoms with Crippen molar-refractivity contribution < 1.29 is 52.3 Å². The smallest absolute Gasteiger partial charge is 0.163 e. The summed E-state index contributed by atoms with van der Waals surface area (Å²) in [5, 5.41) is 6.76. The molecular weight excluding hydrogens is 754 g/mol. The summed E-state index contributed by atoms with van der Waals surface area (Å²) in [6.07, 6.45) is 6.65. The first-order chi connectivity index (χ1) is 28.5. The number of aromatic nitrogens is 1. The predicted molar refractivity (Wildman–Crippen MR) is 214 cm³/mol. The van der Waals surface area contributed by atoms with E-state index < -0.39 is 0 Å². The molecule has 0 fully saturated rings. The fraction of sp³-hybridized carbons (Fsp3) is 0.650. The lowest BCUT2D eigenvalue weighted by atomic mass is 9.94. The summed E-state index contributed by atoms with van der Waals surface area (Å²) in [5.74, 6) is -0.0737. The first kappa shape index (κ1) is 49.8. The van der Waals surface area contributed by atoms with E-state index in [0.29, 0.717) is 168 Å². The average molecular weight is 814 g/mol. The summed E-state index contributed by atoms with van der Waals surface area (Å²) in [7, 11) is 0. The molecule has 1 heterocycles. The molecule has 0 atom stereocenters. The highest BCUT2D eigenvalue weighted by Gasteiger charge is 2.15. The van der Waals surface area contributed by atoms with Crippen LogP contribution in [0.3, 0.4) is 0 Å². The Labute approximate surface area is 340 Å². The molecule has 0 aliphatic heterocycles. The number of azide groups is 2. The zero-order valence-electron chi connectivity index (χ0n) is 33.5. The summed E-state index contributed by atoms with van der Waals surface area (Å²) >= 11 is 0. The van der Waals surface area contributed by atoms with Gasteiger partial charge in [0, 0.05) is 85.3 Å². The number of carbonyl (C=O) groups excluding carboxylic acids is 3. The Kier molecular flexibility index (Phi) is 30.8. The first-order valence-electron chi connectivity index (χ1n) is 19.8. The number of nitrogens with zero attached hydrogens (tertiary/aromatic N) is 7. The van der Waals surface area contributed by atoms with Gasteiger partial charge in [0.25, 0.3) is 0 Å². The van der Waals surface area contributed by atoms with Gasteiger partial charge in [0.15, 0.2) is 11.6 Å². The Balaban J connectivity index is 1.67. The quantitative estimate of drug-likeness (QED) is 0.0252. The molecule has 0 saturated carbocycles. The first-order valence-corrected chi connectivity index (χ1v) is 19.8. The molecule has 2 aromatic rings. The normalized spacial score (nSPS) is 10.9. The molecule has 0 amide bonds. The van der Waals surface area contributed by atoms with E-state index >= 15 is 0 Å². The number of hydrogen-bond acceptors (Lipinski definition) is 14. The summed E-state index contributed by atoms with van der Waals surface area (Å²) in [5.41, 5.74) is 19.1. The van der Waals surface area contributed by atoms with Crippen LogP contribution in [-0.2, 0) is 55.5 Å². The zero-order valence-corrected chi connectivity index (χ0v) is 33.5. The molecule has 0 saturated heterocycles. The summed E-state index contributed by atoms with van der Waals surface area (Å²) in [6, 6.07) is 9.00. The maximum Gasteiger partial charge on any atom is 0.163 e. The van der Waals surface area contributed by atoms with Gasteiger partial charge in [-0.05, 0) is 78.2 Å². The molecule has 1 aromatic heterocycles. The molecular formula is C40H59N7O11. The van der Waals surface area contributed by atoms with E-state index in [0.717, 1.165) is 11.1 Å². The molecule has 0 bridgehead atoms. The minimum Gasteiger partial charge on any atom is -0.379 e. The second-order valence-electron chi connectivity index (χ2n) is 12.7. The maximum atomic E-state index is 13.3. The second kappa shape index (κ2) is 35.8. The van der Waals surface area contributed by atoms with E-state index in [2.05, 4.69) is 25.0 Å². The van der Waals surface area contributed by atoms with E-state index in [1.807, 2.05) is 12.1 Å². The highest BCUT2D eigenvalue weighted by Crippen LogP contribution is 2.18. The van der Waals surface area contributed by atoms with Crippen LogP contribution >= 0.6 is 0 Å². The lowest BCUT2D eigenvalue weighted by molar-refractivity contribution is -0.119. The Morgan fingerprint density at radius 3 is 1.34 bits per heavy atom. The van der Waals surface area contributed by atoms with Crippen LogP contribution in [0.25, 0.3) is 20.9 Å². The van der Waals surface area contributed by atoms with E-state index in [9.17, 15) is 14.4 Å². The Morgan fingerprint density at radius 2 is 0.879 bits per heavy atom. The van der Waals surface area contributed by atoms with Crippen molar-refractivity contribution >= 4 is 17.3 Å². The zero-order chi connectivity index (χ0) is 41.6. The van der Waals surface area contributed by atoms with Gasteiger partial charge in [-0.25, -0.2) is 0 Å². The molecule has 18 nitrogen and oxygen atoms in total. The third-order valence-electron chi connectivity index (χ3n) is 8.19. The predicted octanol–water partition coefficient (Wildman–Crippen LogP) is 5.90. The van der Waals surface area contributed by atoms with Crippen molar-refractivity contribution in [2.75, 3.05) is 119 Å². The fourth-order valence-electron chi connectivity index (χ4n) is 5.19. The van der Waals surface area contributed by atoms with Crippen molar-refractivity contribution in [2.24, 2.45) is 10.2 Å². The molecule has 2 rings (SSSR count). The van der Waals surface area contributed by atoms with Gasteiger partial charge < -0.3 is 37.9 Å². The van der Waals surface area contributed by atoms with Crippen LogP contribution in [0, 0.1) is 0 Å².